The van der Waals surface area contributed by atoms with Gasteiger partial charge in [-0.25, -0.2) is 0 Å². The lowest BCUT2D eigenvalue weighted by atomic mass is 9.65. The van der Waals surface area contributed by atoms with Gasteiger partial charge >= 0.3 is 0 Å². The fourth-order valence-electron chi connectivity index (χ4n) is 13.1. The maximum Gasteiger partial charge on any atom is 0.140 e. The molecule has 300 valence electrons. The van der Waals surface area contributed by atoms with Crippen LogP contribution in [0.25, 0.3) is 54.9 Å². The Morgan fingerprint density at radius 1 is 0.344 bits per heavy atom. The van der Waals surface area contributed by atoms with Crippen LogP contribution in [0.1, 0.15) is 70.8 Å². The van der Waals surface area contributed by atoms with E-state index in [-0.39, 0.29) is 10.8 Å². The highest BCUT2D eigenvalue weighted by Gasteiger charge is 2.52. The fourth-order valence-corrected chi connectivity index (χ4v) is 13.1. The molecule has 12 aliphatic rings. The zero-order chi connectivity index (χ0) is 42.3. The number of fused-ring (bicyclic) bond motifs is 8. The van der Waals surface area contributed by atoms with E-state index in [2.05, 4.69) is 220 Å². The summed E-state index contributed by atoms with van der Waals surface area (Å²) < 4.78 is 7.40. The van der Waals surface area contributed by atoms with Crippen molar-refractivity contribution in [1.82, 2.24) is 0 Å². The van der Waals surface area contributed by atoms with Crippen LogP contribution < -0.4 is 9.64 Å². The van der Waals surface area contributed by atoms with Crippen LogP contribution in [0.4, 0.5) is 17.1 Å². The topological polar surface area (TPSA) is 12.5 Å². The molecule has 0 amide bonds. The van der Waals surface area contributed by atoms with Crippen LogP contribution in [0.15, 0.2) is 194 Å². The summed E-state index contributed by atoms with van der Waals surface area (Å²) in [5, 5.41) is 4.61. The minimum Gasteiger partial charge on any atom is -0.455 e. The third-order valence-corrected chi connectivity index (χ3v) is 16.1. The van der Waals surface area contributed by atoms with Crippen LogP contribution in [0.5, 0.6) is 11.5 Å². The fraction of sp³-hybridized carbons (Fsp3) is 0.0968. The van der Waals surface area contributed by atoms with Gasteiger partial charge in [0, 0.05) is 49.8 Å². The van der Waals surface area contributed by atoms with Gasteiger partial charge in [0.05, 0.1) is 5.41 Å². The van der Waals surface area contributed by atoms with Crippen molar-refractivity contribution in [2.75, 3.05) is 4.90 Å². The van der Waals surface area contributed by atoms with Crippen LogP contribution in [-0.4, -0.2) is 0 Å². The summed E-state index contributed by atoms with van der Waals surface area (Å²) >= 11 is 0. The molecule has 10 aromatic rings. The lowest BCUT2D eigenvalue weighted by molar-refractivity contribution is 0.447. The molecule has 9 aliphatic heterocycles. The molecule has 9 heterocycles. The quantitative estimate of drug-likeness (QED) is 0.164. The molecule has 0 aromatic heterocycles. The van der Waals surface area contributed by atoms with E-state index < -0.39 is 5.41 Å². The number of hydrogen-bond acceptors (Lipinski definition) is 2. The third-order valence-electron chi connectivity index (χ3n) is 16.1. The largest absolute Gasteiger partial charge is 0.455 e. The number of hydrogen-bond donors (Lipinski definition) is 0. The molecule has 22 rings (SSSR count). The molecule has 2 nitrogen and oxygen atoms in total. The maximum atomic E-state index is 7.40. The van der Waals surface area contributed by atoms with Gasteiger partial charge < -0.3 is 9.64 Å². The number of ether oxygens (including phenoxy) is 1. The predicted molar refractivity (Wildman–Crippen MR) is 262 cm³/mol. The average Bonchev–Trinajstić information content (AvgIpc) is 3.87. The zero-order valence-corrected chi connectivity index (χ0v) is 35.8. The van der Waals surface area contributed by atoms with Crippen LogP contribution in [0.2, 0.25) is 0 Å². The molecule has 1 spiro atoms. The first-order valence-electron chi connectivity index (χ1n) is 22.7. The van der Waals surface area contributed by atoms with E-state index in [0.29, 0.717) is 0 Å². The van der Waals surface area contributed by atoms with Crippen molar-refractivity contribution >= 4 is 38.6 Å². The van der Waals surface area contributed by atoms with Crippen LogP contribution in [0, 0.1) is 0 Å². The molecule has 0 radical (unpaired) electrons. The van der Waals surface area contributed by atoms with Crippen LogP contribution in [-0.2, 0) is 16.2 Å². The molecule has 0 saturated heterocycles. The smallest absolute Gasteiger partial charge is 0.140 e. The van der Waals surface area contributed by atoms with Gasteiger partial charge in [0.15, 0.2) is 0 Å². The van der Waals surface area contributed by atoms with Gasteiger partial charge in [0.2, 0.25) is 0 Å². The zero-order valence-electron chi connectivity index (χ0n) is 35.8. The molecule has 64 heavy (non-hydrogen) atoms. The molecule has 0 N–H and O–H groups in total. The summed E-state index contributed by atoms with van der Waals surface area (Å²) in [7, 11) is 0. The Morgan fingerprint density at radius 3 is 1.61 bits per heavy atom. The molecular formula is C62H41NO. The Hall–Kier alpha value is -7.68. The second kappa shape index (κ2) is 11.7. The van der Waals surface area contributed by atoms with Crippen molar-refractivity contribution in [2.24, 2.45) is 0 Å². The number of nitrogens with zero attached hydrogens (tertiary/aromatic N) is 1. The molecule has 0 fully saturated rings. The molecule has 13 bridgehead atoms. The van der Waals surface area contributed by atoms with E-state index in [1.54, 1.807) is 0 Å². The minimum atomic E-state index is -0.611. The van der Waals surface area contributed by atoms with Crippen molar-refractivity contribution in [1.29, 1.82) is 0 Å². The number of benzene rings is 10. The normalized spacial score (nSPS) is 19.2. The Balaban J connectivity index is 1.09. The van der Waals surface area contributed by atoms with E-state index >= 15 is 0 Å². The number of anilines is 3. The SMILES string of the molecule is CC1(C)c2ccccc2-c2ccc(N3c4ccc5c(c4)-c4ccccc4C5(C)c4ccc5c6c(ccc5c4)C4(c5ccccc5-c5cc3ccc54)c3ccc4ccccc4c3O6)cc21. The lowest BCUT2D eigenvalue weighted by Crippen LogP contribution is -2.32. The molecular weight excluding hydrogens is 775 g/mol. The van der Waals surface area contributed by atoms with Gasteiger partial charge in [-0.1, -0.05) is 166 Å². The Labute approximate surface area is 372 Å². The van der Waals surface area contributed by atoms with E-state index in [0.717, 1.165) is 39.3 Å². The first-order chi connectivity index (χ1) is 31.3. The Bertz CT molecular complexity index is 3780. The van der Waals surface area contributed by atoms with Gasteiger partial charge in [-0.15, -0.1) is 0 Å². The highest BCUT2D eigenvalue weighted by molar-refractivity contribution is 6.01. The van der Waals surface area contributed by atoms with E-state index in [4.69, 9.17) is 4.74 Å². The van der Waals surface area contributed by atoms with Gasteiger partial charge in [0.1, 0.15) is 11.5 Å². The van der Waals surface area contributed by atoms with Gasteiger partial charge in [-0.3, -0.25) is 0 Å². The van der Waals surface area contributed by atoms with Crippen molar-refractivity contribution in [2.45, 2.75) is 37.0 Å². The van der Waals surface area contributed by atoms with E-state index in [1.807, 2.05) is 0 Å². The monoisotopic (exact) mass is 815 g/mol. The average molecular weight is 816 g/mol. The highest BCUT2D eigenvalue weighted by atomic mass is 16.5. The molecule has 2 unspecified atom stereocenters. The first-order valence-corrected chi connectivity index (χ1v) is 22.7. The molecule has 2 heteroatoms. The van der Waals surface area contributed by atoms with Gasteiger partial charge in [-0.05, 0) is 132 Å². The van der Waals surface area contributed by atoms with Crippen LogP contribution >= 0.6 is 0 Å². The second-order valence-corrected chi connectivity index (χ2v) is 19.3. The standard InChI is InChI=1S/C62H41NO/c1-60(2)50-17-9-6-14-44(50)47-27-23-41(35-57(47)60)63-39-24-30-52-48(33-39)45-15-7-10-18-51(45)61(52,3)38-22-26-43-37(32-38)21-29-56-59(43)64-58-42-13-5-4-12-36(42)20-28-55(58)62(56)53-19-11-8-16-46(53)49-34-40(63)25-31-54(49)62/h4-35H,1-3H3. The van der Waals surface area contributed by atoms with Crippen LogP contribution in [0.3, 0.4) is 0 Å². The highest BCUT2D eigenvalue weighted by Crippen LogP contribution is 2.65. The molecule has 10 aromatic carbocycles. The van der Waals surface area contributed by atoms with Crippen molar-refractivity contribution in [3.8, 4) is 44.9 Å². The molecule has 2 atom stereocenters. The van der Waals surface area contributed by atoms with E-state index in [1.165, 1.54) is 94.2 Å². The summed E-state index contributed by atoms with van der Waals surface area (Å²) in [5.74, 6) is 1.88. The third kappa shape index (κ3) is 4.01. The summed E-state index contributed by atoms with van der Waals surface area (Å²) in [6.45, 7) is 7.18. The van der Waals surface area contributed by atoms with Crippen molar-refractivity contribution in [3.05, 3.63) is 244 Å². The molecule has 0 saturated carbocycles. The minimum absolute atomic E-state index is 0.142. The Morgan fingerprint density at radius 2 is 0.844 bits per heavy atom. The summed E-state index contributed by atoms with van der Waals surface area (Å²) in [6, 6.07) is 74.0. The summed E-state index contributed by atoms with van der Waals surface area (Å²) in [6.07, 6.45) is 0. The summed E-state index contributed by atoms with van der Waals surface area (Å²) in [5.41, 5.74) is 21.6. The van der Waals surface area contributed by atoms with Gasteiger partial charge in [0.25, 0.3) is 0 Å². The Kier molecular flexibility index (Phi) is 6.35. The first kappa shape index (κ1) is 34.9. The summed E-state index contributed by atoms with van der Waals surface area (Å²) in [4.78, 5) is 2.52. The predicted octanol–water partition coefficient (Wildman–Crippen LogP) is 15.9. The van der Waals surface area contributed by atoms with Gasteiger partial charge in [-0.2, -0.15) is 0 Å². The maximum absolute atomic E-state index is 7.40. The number of rotatable bonds is 1. The van der Waals surface area contributed by atoms with Crippen molar-refractivity contribution < 1.29 is 4.74 Å². The van der Waals surface area contributed by atoms with Crippen molar-refractivity contribution in [3.63, 3.8) is 0 Å². The second-order valence-electron chi connectivity index (χ2n) is 19.3. The molecule has 3 aliphatic carbocycles. The van der Waals surface area contributed by atoms with E-state index in [9.17, 15) is 0 Å². The lowest BCUT2D eigenvalue weighted by Gasteiger charge is -2.40.